The Kier molecular flexibility index (Phi) is 5.63. The van der Waals surface area contributed by atoms with Crippen LogP contribution in [0.2, 0.25) is 5.28 Å². The highest BCUT2D eigenvalue weighted by molar-refractivity contribution is 6.28. The molecule has 1 aliphatic rings. The Morgan fingerprint density at radius 3 is 2.93 bits per heavy atom. The van der Waals surface area contributed by atoms with Gasteiger partial charge in [-0.3, -0.25) is 4.57 Å². The van der Waals surface area contributed by atoms with Gasteiger partial charge in [-0.15, -0.1) is 0 Å². The zero-order valence-electron chi connectivity index (χ0n) is 14.6. The Hall–Kier alpha value is -2.24. The Morgan fingerprint density at radius 1 is 1.48 bits per heavy atom. The van der Waals surface area contributed by atoms with Crippen molar-refractivity contribution in [2.24, 2.45) is 5.92 Å². The molecule has 2 aromatic rings. The van der Waals surface area contributed by atoms with Crippen LogP contribution in [0.15, 0.2) is 6.33 Å². The number of aliphatic hydroxyl groups is 1. The molecule has 27 heavy (non-hydrogen) atoms. The smallest absolute Gasteiger partial charge is 0.434 e. The minimum Gasteiger partial charge on any atom is -0.434 e. The van der Waals surface area contributed by atoms with Gasteiger partial charge >= 0.3 is 6.16 Å². The number of hydrogen-bond acceptors (Lipinski definition) is 9. The van der Waals surface area contributed by atoms with Crippen molar-refractivity contribution >= 4 is 34.7 Å². The van der Waals surface area contributed by atoms with Gasteiger partial charge in [-0.2, -0.15) is 9.97 Å². The third kappa shape index (κ3) is 4.04. The van der Waals surface area contributed by atoms with Crippen LogP contribution in [-0.4, -0.2) is 62.4 Å². The van der Waals surface area contributed by atoms with E-state index in [4.69, 9.17) is 31.5 Å². The number of halogens is 2. The van der Waals surface area contributed by atoms with E-state index in [1.807, 2.05) is 13.8 Å². The van der Waals surface area contributed by atoms with Gasteiger partial charge in [0.2, 0.25) is 5.28 Å². The second-order valence-corrected chi connectivity index (χ2v) is 6.81. The van der Waals surface area contributed by atoms with Crippen molar-refractivity contribution in [1.82, 2.24) is 19.5 Å². The maximum Gasteiger partial charge on any atom is 0.508 e. The van der Waals surface area contributed by atoms with Crippen molar-refractivity contribution in [3.63, 3.8) is 0 Å². The normalized spacial score (nSPS) is 25.3. The van der Waals surface area contributed by atoms with Crippen LogP contribution in [0.25, 0.3) is 11.2 Å². The Morgan fingerprint density at radius 2 is 2.22 bits per heavy atom. The van der Waals surface area contributed by atoms with Gasteiger partial charge in [0, 0.05) is 0 Å². The summed E-state index contributed by atoms with van der Waals surface area (Å²) in [6.45, 7) is 3.55. The van der Waals surface area contributed by atoms with Gasteiger partial charge < -0.3 is 25.1 Å². The number of imidazole rings is 1. The number of nitrogens with two attached hydrogens (primary N) is 1. The molecular formula is C15H19ClFN5O5. The van der Waals surface area contributed by atoms with E-state index < -0.39 is 30.8 Å². The fourth-order valence-corrected chi connectivity index (χ4v) is 2.76. The molecule has 2 aromatic heterocycles. The van der Waals surface area contributed by atoms with Gasteiger partial charge in [0.05, 0.1) is 12.9 Å². The first-order chi connectivity index (χ1) is 12.8. The Bertz CT molecular complexity index is 834. The van der Waals surface area contributed by atoms with Gasteiger partial charge in [0.25, 0.3) is 0 Å². The minimum atomic E-state index is -1.82. The Balaban J connectivity index is 1.71. The molecule has 1 saturated heterocycles. The summed E-state index contributed by atoms with van der Waals surface area (Å²) in [6.07, 6.45) is -5.35. The second-order valence-electron chi connectivity index (χ2n) is 6.47. The summed E-state index contributed by atoms with van der Waals surface area (Å²) in [5.74, 6) is 0.173. The topological polar surface area (TPSA) is 135 Å². The van der Waals surface area contributed by atoms with Crippen molar-refractivity contribution in [3.8, 4) is 0 Å². The molecule has 0 radical (unpaired) electrons. The molecule has 0 unspecified atom stereocenters. The first-order valence-corrected chi connectivity index (χ1v) is 8.58. The number of nitrogens with zero attached hydrogens (tertiary/aromatic N) is 4. The van der Waals surface area contributed by atoms with Gasteiger partial charge in [-0.05, 0) is 17.5 Å². The highest BCUT2D eigenvalue weighted by Gasteiger charge is 2.46. The van der Waals surface area contributed by atoms with Crippen LogP contribution < -0.4 is 5.73 Å². The molecule has 148 valence electrons. The van der Waals surface area contributed by atoms with Crippen LogP contribution in [-0.2, 0) is 14.2 Å². The number of aromatic nitrogens is 4. The third-order valence-corrected chi connectivity index (χ3v) is 4.06. The molecule has 0 spiro atoms. The van der Waals surface area contributed by atoms with E-state index >= 15 is 0 Å². The molecule has 4 atom stereocenters. The van der Waals surface area contributed by atoms with Crippen molar-refractivity contribution in [1.29, 1.82) is 0 Å². The van der Waals surface area contributed by atoms with Crippen LogP contribution >= 0.6 is 11.6 Å². The van der Waals surface area contributed by atoms with Crippen LogP contribution in [0.5, 0.6) is 0 Å². The number of nitrogen functional groups attached to an aromatic ring is 1. The lowest BCUT2D eigenvalue weighted by Crippen LogP contribution is -2.32. The SMILES string of the molecule is CC(C)COC(=O)OC[C@H]1O[C@@H](n2cnc3c(N)nc(Cl)nc32)[C@@H](F)[C@@H]1O. The van der Waals surface area contributed by atoms with E-state index in [2.05, 4.69) is 15.0 Å². The van der Waals surface area contributed by atoms with Crippen molar-refractivity contribution < 1.29 is 28.5 Å². The maximum absolute atomic E-state index is 14.6. The summed E-state index contributed by atoms with van der Waals surface area (Å²) in [7, 11) is 0. The molecule has 0 saturated carbocycles. The number of fused-ring (bicyclic) bond motifs is 1. The largest absolute Gasteiger partial charge is 0.508 e. The summed E-state index contributed by atoms with van der Waals surface area (Å²) in [5, 5.41) is 9.95. The average molecular weight is 404 g/mol. The molecule has 1 fully saturated rings. The highest BCUT2D eigenvalue weighted by Crippen LogP contribution is 2.34. The number of carbonyl (C=O) groups is 1. The molecule has 3 rings (SSSR count). The number of aliphatic hydroxyl groups excluding tert-OH is 1. The predicted octanol–water partition coefficient (Wildman–Crippen LogP) is 1.47. The van der Waals surface area contributed by atoms with Crippen molar-refractivity contribution in [2.45, 2.75) is 38.5 Å². The van der Waals surface area contributed by atoms with Crippen molar-refractivity contribution in [2.75, 3.05) is 18.9 Å². The quantitative estimate of drug-likeness (QED) is 0.561. The summed E-state index contributed by atoms with van der Waals surface area (Å²) < 4.78 is 31.1. The first-order valence-electron chi connectivity index (χ1n) is 8.20. The van der Waals surface area contributed by atoms with E-state index in [1.54, 1.807) is 0 Å². The number of hydrogen-bond donors (Lipinski definition) is 2. The summed E-state index contributed by atoms with van der Waals surface area (Å²) >= 11 is 5.79. The Labute approximate surface area is 158 Å². The number of ether oxygens (including phenoxy) is 3. The molecule has 3 heterocycles. The van der Waals surface area contributed by atoms with E-state index in [1.165, 1.54) is 10.9 Å². The predicted molar refractivity (Wildman–Crippen MR) is 91.7 cm³/mol. The maximum atomic E-state index is 14.6. The standard InChI is InChI=1S/C15H19ClFN5O5/c1-6(2)3-25-15(24)26-4-7-10(23)8(17)13(27-7)22-5-19-9-11(18)20-14(16)21-12(9)22/h5-8,10,13,23H,3-4H2,1-2H3,(H2,18,20,21)/t7-,8+,10-,13-/m1/s1. The molecule has 3 N–H and O–H groups in total. The van der Waals surface area contributed by atoms with Gasteiger partial charge in [-0.25, -0.2) is 14.2 Å². The molecule has 10 nitrogen and oxygen atoms in total. The van der Waals surface area contributed by atoms with Gasteiger partial charge in [-0.1, -0.05) is 13.8 Å². The minimum absolute atomic E-state index is 0.0329. The number of alkyl halides is 1. The van der Waals surface area contributed by atoms with E-state index in [-0.39, 0.29) is 41.4 Å². The fraction of sp³-hybridized carbons (Fsp3) is 0.600. The first kappa shape index (κ1) is 19.5. The number of rotatable bonds is 5. The lowest BCUT2D eigenvalue weighted by molar-refractivity contribution is -0.0590. The van der Waals surface area contributed by atoms with E-state index in [0.29, 0.717) is 0 Å². The second kappa shape index (κ2) is 7.79. The third-order valence-electron chi connectivity index (χ3n) is 3.89. The fourth-order valence-electron chi connectivity index (χ4n) is 2.59. The molecule has 12 heteroatoms. The van der Waals surface area contributed by atoms with Gasteiger partial charge in [0.1, 0.15) is 24.3 Å². The summed E-state index contributed by atoms with van der Waals surface area (Å²) in [5.41, 5.74) is 6.10. The molecular weight excluding hydrogens is 385 g/mol. The average Bonchev–Trinajstić information content (AvgIpc) is 3.13. The van der Waals surface area contributed by atoms with Crippen LogP contribution in [0.4, 0.5) is 15.0 Å². The lowest BCUT2D eigenvalue weighted by Gasteiger charge is -2.15. The van der Waals surface area contributed by atoms with E-state index in [9.17, 15) is 14.3 Å². The zero-order valence-corrected chi connectivity index (χ0v) is 15.3. The van der Waals surface area contributed by atoms with Gasteiger partial charge in [0.15, 0.2) is 23.9 Å². The molecule has 0 amide bonds. The molecule has 0 aromatic carbocycles. The molecule has 0 bridgehead atoms. The number of carbonyl (C=O) groups excluding carboxylic acids is 1. The lowest BCUT2D eigenvalue weighted by atomic mass is 10.1. The van der Waals surface area contributed by atoms with Crippen LogP contribution in [0, 0.1) is 5.92 Å². The molecule has 0 aliphatic carbocycles. The highest BCUT2D eigenvalue weighted by atomic mass is 35.5. The summed E-state index contributed by atoms with van der Waals surface area (Å²) in [4.78, 5) is 23.3. The van der Waals surface area contributed by atoms with E-state index in [0.717, 1.165) is 0 Å². The zero-order chi connectivity index (χ0) is 19.7. The summed E-state index contributed by atoms with van der Waals surface area (Å²) in [6, 6.07) is 0. The van der Waals surface area contributed by atoms with Crippen LogP contribution in [0.3, 0.4) is 0 Å². The molecule has 1 aliphatic heterocycles. The monoisotopic (exact) mass is 403 g/mol. The van der Waals surface area contributed by atoms with Crippen LogP contribution in [0.1, 0.15) is 20.1 Å². The van der Waals surface area contributed by atoms with Crippen molar-refractivity contribution in [3.05, 3.63) is 11.6 Å². The number of anilines is 1.